The minimum Gasteiger partial charge on any atom is -0.485 e. The van der Waals surface area contributed by atoms with Crippen molar-refractivity contribution in [3.63, 3.8) is 0 Å². The molecule has 1 amide bonds. The zero-order valence-corrected chi connectivity index (χ0v) is 30.9. The summed E-state index contributed by atoms with van der Waals surface area (Å²) in [5.41, 5.74) is 6.31. The van der Waals surface area contributed by atoms with E-state index >= 15 is 0 Å². The molecule has 1 aliphatic rings. The molecular weight excluding hydrogens is 683 g/mol. The summed E-state index contributed by atoms with van der Waals surface area (Å²) in [6, 6.07) is 31.3. The lowest BCUT2D eigenvalue weighted by atomic mass is 9.92. The lowest BCUT2D eigenvalue weighted by Crippen LogP contribution is -2.35. The minimum absolute atomic E-state index is 0.102. The SMILES string of the molecule is CC(=O)OC(C)c1ccc(-c2ccc(N3CCC(Cc4nc(C)c(OCc5ccccc5)c(C(=O)NCC(=O)OCc5ccccc5)n4)CC3)cc2)nc1. The number of ether oxygens (including phenoxy) is 3. The van der Waals surface area contributed by atoms with Gasteiger partial charge in [0.05, 0.1) is 11.4 Å². The largest absolute Gasteiger partial charge is 0.485 e. The van der Waals surface area contributed by atoms with Gasteiger partial charge in [-0.1, -0.05) is 78.9 Å². The number of anilines is 1. The van der Waals surface area contributed by atoms with Crippen LogP contribution in [0.25, 0.3) is 11.3 Å². The molecule has 0 aliphatic carbocycles. The number of rotatable bonds is 14. The van der Waals surface area contributed by atoms with Gasteiger partial charge in [-0.2, -0.15) is 0 Å². The molecule has 5 aromatic rings. The zero-order chi connectivity index (χ0) is 37.9. The molecular formula is C43H45N5O6. The number of aryl methyl sites for hydroxylation is 1. The summed E-state index contributed by atoms with van der Waals surface area (Å²) >= 11 is 0. The Morgan fingerprint density at radius 3 is 2.15 bits per heavy atom. The van der Waals surface area contributed by atoms with Crippen LogP contribution in [0.4, 0.5) is 5.69 Å². The Kier molecular flexibility index (Phi) is 12.6. The van der Waals surface area contributed by atoms with E-state index in [1.165, 1.54) is 6.92 Å². The molecule has 54 heavy (non-hydrogen) atoms. The third kappa shape index (κ3) is 10.3. The van der Waals surface area contributed by atoms with Gasteiger partial charge in [-0.3, -0.25) is 19.4 Å². The average molecular weight is 728 g/mol. The fraction of sp³-hybridized carbons (Fsp3) is 0.302. The second-order valence-electron chi connectivity index (χ2n) is 13.4. The lowest BCUT2D eigenvalue weighted by molar-refractivity contribution is -0.146. The molecule has 1 unspecified atom stereocenters. The maximum Gasteiger partial charge on any atom is 0.325 e. The van der Waals surface area contributed by atoms with E-state index in [0.717, 1.165) is 59.6 Å². The van der Waals surface area contributed by atoms with Gasteiger partial charge in [-0.25, -0.2) is 9.97 Å². The Morgan fingerprint density at radius 1 is 0.852 bits per heavy atom. The molecule has 0 saturated carbocycles. The van der Waals surface area contributed by atoms with Crippen LogP contribution < -0.4 is 15.0 Å². The molecule has 1 saturated heterocycles. The lowest BCUT2D eigenvalue weighted by Gasteiger charge is -2.33. The number of carbonyl (C=O) groups excluding carboxylic acids is 3. The van der Waals surface area contributed by atoms with E-state index < -0.39 is 11.9 Å². The molecule has 0 radical (unpaired) electrons. The topological polar surface area (TPSA) is 133 Å². The first-order chi connectivity index (χ1) is 26.2. The van der Waals surface area contributed by atoms with Crippen molar-refractivity contribution in [2.75, 3.05) is 24.5 Å². The third-order valence-electron chi connectivity index (χ3n) is 9.37. The molecule has 1 atom stereocenters. The first-order valence-electron chi connectivity index (χ1n) is 18.2. The van der Waals surface area contributed by atoms with Crippen molar-refractivity contribution in [3.05, 3.63) is 137 Å². The van der Waals surface area contributed by atoms with Gasteiger partial charge in [0.1, 0.15) is 31.7 Å². The van der Waals surface area contributed by atoms with Gasteiger partial charge in [0.2, 0.25) is 0 Å². The van der Waals surface area contributed by atoms with Crippen LogP contribution in [0.3, 0.4) is 0 Å². The second kappa shape index (κ2) is 18.1. The van der Waals surface area contributed by atoms with Crippen LogP contribution in [-0.4, -0.2) is 52.4 Å². The van der Waals surface area contributed by atoms with Crippen LogP contribution >= 0.6 is 0 Å². The number of aromatic nitrogens is 3. The number of benzene rings is 3. The second-order valence-corrected chi connectivity index (χ2v) is 13.4. The molecule has 11 nitrogen and oxygen atoms in total. The van der Waals surface area contributed by atoms with Gasteiger partial charge in [0.15, 0.2) is 11.4 Å². The first kappa shape index (κ1) is 37.7. The fourth-order valence-corrected chi connectivity index (χ4v) is 6.42. The number of amides is 1. The van der Waals surface area contributed by atoms with E-state index in [9.17, 15) is 14.4 Å². The molecule has 1 aliphatic heterocycles. The predicted molar refractivity (Wildman–Crippen MR) is 205 cm³/mol. The summed E-state index contributed by atoms with van der Waals surface area (Å²) in [7, 11) is 0. The quantitative estimate of drug-likeness (QED) is 0.120. The molecule has 11 heteroatoms. The molecule has 278 valence electrons. The van der Waals surface area contributed by atoms with E-state index in [2.05, 4.69) is 39.5 Å². The van der Waals surface area contributed by atoms with Gasteiger partial charge in [-0.15, -0.1) is 0 Å². The van der Waals surface area contributed by atoms with Gasteiger partial charge in [-0.05, 0) is 61.9 Å². The van der Waals surface area contributed by atoms with Crippen molar-refractivity contribution in [2.45, 2.75) is 59.4 Å². The van der Waals surface area contributed by atoms with Crippen LogP contribution in [0.2, 0.25) is 0 Å². The molecule has 3 aromatic carbocycles. The molecule has 1 N–H and O–H groups in total. The Morgan fingerprint density at radius 2 is 1.52 bits per heavy atom. The number of pyridine rings is 1. The highest BCUT2D eigenvalue weighted by molar-refractivity contribution is 5.96. The number of hydrogen-bond donors (Lipinski definition) is 1. The van der Waals surface area contributed by atoms with E-state index in [0.29, 0.717) is 29.6 Å². The average Bonchev–Trinajstić information content (AvgIpc) is 3.19. The van der Waals surface area contributed by atoms with Crippen LogP contribution in [0.1, 0.15) is 71.5 Å². The van der Waals surface area contributed by atoms with Gasteiger partial charge in [0, 0.05) is 49.4 Å². The normalized spacial score (nSPS) is 13.5. The summed E-state index contributed by atoms with van der Waals surface area (Å²) in [6.45, 7) is 6.85. The van der Waals surface area contributed by atoms with Crippen LogP contribution in [0, 0.1) is 12.8 Å². The summed E-state index contributed by atoms with van der Waals surface area (Å²) in [5.74, 6) is -0.207. The van der Waals surface area contributed by atoms with E-state index in [1.54, 1.807) is 6.20 Å². The highest BCUT2D eigenvalue weighted by Crippen LogP contribution is 2.29. The number of hydrogen-bond acceptors (Lipinski definition) is 10. The fourth-order valence-electron chi connectivity index (χ4n) is 6.42. The van der Waals surface area contributed by atoms with Crippen molar-refractivity contribution in [1.29, 1.82) is 0 Å². The molecule has 2 aromatic heterocycles. The number of nitrogens with zero attached hydrogens (tertiary/aromatic N) is 4. The standard InChI is InChI=1S/C43H45N5O6/c1-29-42(53-28-34-12-8-5-9-13-34)41(43(51)45-26-40(50)52-27-33-10-6-4-7-11-33)47-39(46-29)24-32-20-22-48(23-21-32)37-17-14-35(15-18-37)38-19-16-36(25-44-38)30(2)54-31(3)49/h4-19,25,30,32H,20-24,26-28H2,1-3H3,(H,45,51). The Labute approximate surface area is 315 Å². The van der Waals surface area contributed by atoms with E-state index in [1.807, 2.05) is 86.6 Å². The number of carbonyl (C=O) groups is 3. The smallest absolute Gasteiger partial charge is 0.325 e. The van der Waals surface area contributed by atoms with E-state index in [4.69, 9.17) is 24.2 Å². The Balaban J connectivity index is 1.07. The number of piperidine rings is 1. The van der Waals surface area contributed by atoms with Crippen molar-refractivity contribution in [1.82, 2.24) is 20.3 Å². The summed E-state index contributed by atoms with van der Waals surface area (Å²) in [4.78, 5) is 53.8. The van der Waals surface area contributed by atoms with Crippen LogP contribution in [0.5, 0.6) is 5.75 Å². The third-order valence-corrected chi connectivity index (χ3v) is 9.37. The number of esters is 2. The number of nitrogens with one attached hydrogen (secondary N) is 1. The first-order valence-corrected chi connectivity index (χ1v) is 18.2. The van der Waals surface area contributed by atoms with Crippen molar-refractivity contribution in [3.8, 4) is 17.0 Å². The Hall–Kier alpha value is -6.10. The summed E-state index contributed by atoms with van der Waals surface area (Å²) in [5, 5.41) is 2.67. The molecule has 3 heterocycles. The Bertz CT molecular complexity index is 2020. The highest BCUT2D eigenvalue weighted by atomic mass is 16.5. The van der Waals surface area contributed by atoms with Gasteiger partial charge < -0.3 is 24.4 Å². The monoisotopic (exact) mass is 727 g/mol. The van der Waals surface area contributed by atoms with Crippen LogP contribution in [-0.2, 0) is 38.7 Å². The maximum atomic E-state index is 13.5. The minimum atomic E-state index is -0.552. The van der Waals surface area contributed by atoms with Crippen molar-refractivity contribution >= 4 is 23.5 Å². The van der Waals surface area contributed by atoms with E-state index in [-0.39, 0.29) is 37.5 Å². The predicted octanol–water partition coefficient (Wildman–Crippen LogP) is 6.98. The van der Waals surface area contributed by atoms with Crippen molar-refractivity contribution in [2.24, 2.45) is 5.92 Å². The summed E-state index contributed by atoms with van der Waals surface area (Å²) in [6.07, 6.45) is 3.89. The maximum absolute atomic E-state index is 13.5. The summed E-state index contributed by atoms with van der Waals surface area (Å²) < 4.78 is 16.7. The molecule has 6 rings (SSSR count). The molecule has 1 fully saturated rings. The van der Waals surface area contributed by atoms with Gasteiger partial charge in [0.25, 0.3) is 5.91 Å². The highest BCUT2D eigenvalue weighted by Gasteiger charge is 2.25. The molecule has 0 bridgehead atoms. The van der Waals surface area contributed by atoms with Gasteiger partial charge >= 0.3 is 11.9 Å². The van der Waals surface area contributed by atoms with Crippen molar-refractivity contribution < 1.29 is 28.6 Å². The molecule has 0 spiro atoms. The zero-order valence-electron chi connectivity index (χ0n) is 30.9. The van der Waals surface area contributed by atoms with Crippen LogP contribution in [0.15, 0.2) is 103 Å².